The summed E-state index contributed by atoms with van der Waals surface area (Å²) in [5, 5.41) is 2.80. The predicted molar refractivity (Wildman–Crippen MR) is 80.3 cm³/mol. The molecule has 1 saturated heterocycles. The zero-order chi connectivity index (χ0) is 14.7. The maximum Gasteiger partial charge on any atom is 0.407 e. The van der Waals surface area contributed by atoms with Crippen molar-refractivity contribution in [1.82, 2.24) is 5.32 Å². The van der Waals surface area contributed by atoms with E-state index in [1.165, 1.54) is 7.11 Å². The van der Waals surface area contributed by atoms with Crippen LogP contribution in [0.5, 0.6) is 0 Å². The van der Waals surface area contributed by atoms with Gasteiger partial charge >= 0.3 is 6.09 Å². The fourth-order valence-electron chi connectivity index (χ4n) is 2.32. The zero-order valence-electron chi connectivity index (χ0n) is 11.5. The quantitative estimate of drug-likeness (QED) is 0.859. The molecule has 5 nitrogen and oxygen atoms in total. The van der Waals surface area contributed by atoms with Crippen molar-refractivity contribution in [3.05, 3.63) is 28.2 Å². The first-order valence-electron chi connectivity index (χ1n) is 6.41. The van der Waals surface area contributed by atoms with Gasteiger partial charge in [-0.15, -0.1) is 0 Å². The van der Waals surface area contributed by atoms with Crippen LogP contribution in [0.4, 0.5) is 10.5 Å². The normalized spacial score (nSPS) is 17.9. The molecular formula is C14H17BrN2O3. The molecule has 0 aliphatic carbocycles. The van der Waals surface area contributed by atoms with Crippen LogP contribution in [-0.2, 0) is 4.74 Å². The molecule has 0 bridgehead atoms. The van der Waals surface area contributed by atoms with Gasteiger partial charge in [0.1, 0.15) is 0 Å². The summed E-state index contributed by atoms with van der Waals surface area (Å²) in [5.74, 6) is 0.0371. The highest BCUT2D eigenvalue weighted by atomic mass is 79.9. The maximum atomic E-state index is 11.4. The van der Waals surface area contributed by atoms with Crippen molar-refractivity contribution in [2.75, 3.05) is 25.1 Å². The first-order valence-corrected chi connectivity index (χ1v) is 7.20. The molecule has 0 radical (unpaired) electrons. The number of rotatable bonds is 3. The summed E-state index contributed by atoms with van der Waals surface area (Å²) in [7, 11) is 1.36. The number of ether oxygens (including phenoxy) is 1. The summed E-state index contributed by atoms with van der Waals surface area (Å²) in [6, 6.07) is 5.79. The highest BCUT2D eigenvalue weighted by Gasteiger charge is 2.24. The summed E-state index contributed by atoms with van der Waals surface area (Å²) in [6.07, 6.45) is 0.478. The summed E-state index contributed by atoms with van der Waals surface area (Å²) >= 11 is 3.42. The van der Waals surface area contributed by atoms with Crippen LogP contribution in [0.15, 0.2) is 22.7 Å². The average Bonchev–Trinajstić information content (AvgIpc) is 2.86. The Morgan fingerprint density at radius 1 is 1.45 bits per heavy atom. The maximum absolute atomic E-state index is 11.4. The van der Waals surface area contributed by atoms with Crippen molar-refractivity contribution in [1.29, 1.82) is 0 Å². The molecule has 1 unspecified atom stereocenters. The Hall–Kier alpha value is -1.56. The molecule has 1 aliphatic heterocycles. The van der Waals surface area contributed by atoms with Gasteiger partial charge in [-0.1, -0.05) is 0 Å². The molecule has 1 aliphatic rings. The van der Waals surface area contributed by atoms with Crippen molar-refractivity contribution >= 4 is 33.5 Å². The van der Waals surface area contributed by atoms with E-state index in [9.17, 15) is 9.59 Å². The molecule has 20 heavy (non-hydrogen) atoms. The minimum absolute atomic E-state index is 0.0371. The topological polar surface area (TPSA) is 58.6 Å². The Bertz CT molecular complexity index is 533. The number of halogens is 1. The van der Waals surface area contributed by atoms with Gasteiger partial charge in [-0.3, -0.25) is 4.79 Å². The van der Waals surface area contributed by atoms with E-state index in [2.05, 4.69) is 30.9 Å². The Labute approximate surface area is 126 Å². The SMILES string of the molecule is COC(=O)NC1CCN(c2ccc(C(C)=O)c(Br)c2)C1. The van der Waals surface area contributed by atoms with Crippen molar-refractivity contribution in [3.8, 4) is 0 Å². The number of hydrogen-bond acceptors (Lipinski definition) is 4. The molecule has 6 heteroatoms. The first-order chi connectivity index (χ1) is 9.51. The molecule has 1 heterocycles. The highest BCUT2D eigenvalue weighted by Crippen LogP contribution is 2.27. The number of hydrogen-bond donors (Lipinski definition) is 1. The van der Waals surface area contributed by atoms with Crippen molar-refractivity contribution in [2.24, 2.45) is 0 Å². The summed E-state index contributed by atoms with van der Waals surface area (Å²) in [4.78, 5) is 24.8. The van der Waals surface area contributed by atoms with Gasteiger partial charge in [0.25, 0.3) is 0 Å². The highest BCUT2D eigenvalue weighted by molar-refractivity contribution is 9.10. The molecule has 1 fully saturated rings. The molecule has 1 atom stereocenters. The fourth-order valence-corrected chi connectivity index (χ4v) is 2.97. The Morgan fingerprint density at radius 2 is 2.20 bits per heavy atom. The molecule has 1 amide bonds. The molecule has 0 spiro atoms. The van der Waals surface area contributed by atoms with E-state index in [1.807, 2.05) is 18.2 Å². The van der Waals surface area contributed by atoms with Crippen LogP contribution in [0.2, 0.25) is 0 Å². The van der Waals surface area contributed by atoms with E-state index >= 15 is 0 Å². The summed E-state index contributed by atoms with van der Waals surface area (Å²) in [5.41, 5.74) is 1.72. The van der Waals surface area contributed by atoms with Gasteiger partial charge < -0.3 is 15.0 Å². The molecule has 108 valence electrons. The molecule has 1 aromatic carbocycles. The minimum atomic E-state index is -0.398. The summed E-state index contributed by atoms with van der Waals surface area (Å²) in [6.45, 7) is 3.15. The molecule has 1 aromatic rings. The number of ketones is 1. The third-order valence-corrected chi connectivity index (χ3v) is 4.05. The molecule has 2 rings (SSSR count). The lowest BCUT2D eigenvalue weighted by molar-refractivity contribution is 0.101. The fraction of sp³-hybridized carbons (Fsp3) is 0.429. The number of amides is 1. The second-order valence-corrected chi connectivity index (χ2v) is 5.64. The van der Waals surface area contributed by atoms with Crippen LogP contribution in [0.25, 0.3) is 0 Å². The average molecular weight is 341 g/mol. The number of carbonyl (C=O) groups excluding carboxylic acids is 2. The molecular weight excluding hydrogens is 324 g/mol. The van der Waals surface area contributed by atoms with Crippen molar-refractivity contribution < 1.29 is 14.3 Å². The molecule has 0 aromatic heterocycles. The van der Waals surface area contributed by atoms with Crippen molar-refractivity contribution in [2.45, 2.75) is 19.4 Å². The second-order valence-electron chi connectivity index (χ2n) is 4.79. The Balaban J connectivity index is 2.05. The van der Waals surface area contributed by atoms with Crippen LogP contribution < -0.4 is 10.2 Å². The van der Waals surface area contributed by atoms with Gasteiger partial charge in [0, 0.05) is 28.8 Å². The van der Waals surface area contributed by atoms with E-state index < -0.39 is 6.09 Å². The van der Waals surface area contributed by atoms with Gasteiger partial charge in [0.05, 0.1) is 13.2 Å². The van der Waals surface area contributed by atoms with E-state index in [1.54, 1.807) is 6.92 Å². The summed E-state index contributed by atoms with van der Waals surface area (Å²) < 4.78 is 5.40. The second kappa shape index (κ2) is 6.26. The molecule has 0 saturated carbocycles. The lowest BCUT2D eigenvalue weighted by Gasteiger charge is -2.19. The minimum Gasteiger partial charge on any atom is -0.453 e. The van der Waals surface area contributed by atoms with E-state index in [0.29, 0.717) is 5.56 Å². The number of benzene rings is 1. The number of anilines is 1. The zero-order valence-corrected chi connectivity index (χ0v) is 13.1. The number of nitrogens with one attached hydrogen (secondary N) is 1. The van der Waals surface area contributed by atoms with Crippen LogP contribution in [-0.4, -0.2) is 38.1 Å². The largest absolute Gasteiger partial charge is 0.453 e. The lowest BCUT2D eigenvalue weighted by Crippen LogP contribution is -2.36. The van der Waals surface area contributed by atoms with Crippen molar-refractivity contribution in [3.63, 3.8) is 0 Å². The smallest absolute Gasteiger partial charge is 0.407 e. The van der Waals surface area contributed by atoms with Gasteiger partial charge in [-0.2, -0.15) is 0 Å². The Morgan fingerprint density at radius 3 is 2.80 bits per heavy atom. The number of methoxy groups -OCH3 is 1. The van der Waals surface area contributed by atoms with E-state index in [4.69, 9.17) is 0 Å². The first kappa shape index (κ1) is 14.8. The van der Waals surface area contributed by atoms with Gasteiger partial charge in [-0.25, -0.2) is 4.79 Å². The Kier molecular flexibility index (Phi) is 4.65. The standard InChI is InChI=1S/C14H17BrN2O3/c1-9(18)12-4-3-11(7-13(12)15)17-6-5-10(8-17)16-14(19)20-2/h3-4,7,10H,5-6,8H2,1-2H3,(H,16,19). The number of alkyl carbamates (subject to hydrolysis) is 1. The molecule has 1 N–H and O–H groups in total. The van der Waals surface area contributed by atoms with Gasteiger partial charge in [-0.05, 0) is 47.5 Å². The monoisotopic (exact) mass is 340 g/mol. The van der Waals surface area contributed by atoms with Crippen LogP contribution >= 0.6 is 15.9 Å². The van der Waals surface area contributed by atoms with E-state index in [-0.39, 0.29) is 11.8 Å². The van der Waals surface area contributed by atoms with Gasteiger partial charge in [0.15, 0.2) is 5.78 Å². The predicted octanol–water partition coefficient (Wildman–Crippen LogP) is 2.59. The number of nitrogens with zero attached hydrogens (tertiary/aromatic N) is 1. The van der Waals surface area contributed by atoms with Crippen LogP contribution in [0.1, 0.15) is 23.7 Å². The third kappa shape index (κ3) is 3.30. The third-order valence-electron chi connectivity index (χ3n) is 3.39. The number of Topliss-reactive ketones (excluding diaryl/α,β-unsaturated/α-hetero) is 1. The number of carbonyl (C=O) groups is 2. The van der Waals surface area contributed by atoms with Crippen LogP contribution in [0, 0.1) is 0 Å². The van der Waals surface area contributed by atoms with Crippen LogP contribution in [0.3, 0.4) is 0 Å². The van der Waals surface area contributed by atoms with Gasteiger partial charge in [0.2, 0.25) is 0 Å². The lowest BCUT2D eigenvalue weighted by atomic mass is 10.1. The van der Waals surface area contributed by atoms with E-state index in [0.717, 1.165) is 29.7 Å².